The SMILES string of the molecule is O=C1C2CC3C(=CCC4C(=O)N(c5ccc(I)cc5)C(=O)C43)C(c3ccc(O)cc3)C2(c2ccc(Cl)cc2)C(=O)N1Nc1ncc(C(F)(F)F)cc1Cl. The highest BCUT2D eigenvalue weighted by Gasteiger charge is 2.70. The number of phenols is 1. The van der Waals surface area contributed by atoms with Crippen molar-refractivity contribution in [3.63, 3.8) is 0 Å². The van der Waals surface area contributed by atoms with E-state index in [0.717, 1.165) is 8.58 Å². The maximum absolute atomic E-state index is 15.2. The van der Waals surface area contributed by atoms with Gasteiger partial charge in [0.05, 0.1) is 39.4 Å². The second kappa shape index (κ2) is 12.8. The lowest BCUT2D eigenvalue weighted by Crippen LogP contribution is -2.53. The van der Waals surface area contributed by atoms with Gasteiger partial charge in [0.25, 0.3) is 11.8 Å². The Labute approximate surface area is 323 Å². The fourth-order valence-electron chi connectivity index (χ4n) is 8.67. The Morgan fingerprint density at radius 1 is 0.887 bits per heavy atom. The average molecular weight is 873 g/mol. The fraction of sp³-hybridized carbons (Fsp3) is 0.237. The van der Waals surface area contributed by atoms with Gasteiger partial charge in [-0.05, 0) is 107 Å². The van der Waals surface area contributed by atoms with Crippen LogP contribution in [0.5, 0.6) is 5.75 Å². The summed E-state index contributed by atoms with van der Waals surface area (Å²) in [7, 11) is 0. The van der Waals surface area contributed by atoms with Crippen molar-refractivity contribution in [2.24, 2.45) is 23.7 Å². The van der Waals surface area contributed by atoms with Crippen LogP contribution in [0.3, 0.4) is 0 Å². The van der Waals surface area contributed by atoms with Crippen LogP contribution in [0, 0.1) is 27.2 Å². The van der Waals surface area contributed by atoms with Crippen LogP contribution in [0.4, 0.5) is 24.7 Å². The topological polar surface area (TPSA) is 120 Å². The van der Waals surface area contributed by atoms with Gasteiger partial charge in [-0.25, -0.2) is 4.98 Å². The summed E-state index contributed by atoms with van der Waals surface area (Å²) in [5.41, 5.74) is 1.91. The zero-order valence-electron chi connectivity index (χ0n) is 27.2. The number of alkyl halides is 3. The molecule has 15 heteroatoms. The minimum absolute atomic E-state index is 0.0132. The summed E-state index contributed by atoms with van der Waals surface area (Å²) in [5, 5.41) is 10.9. The number of anilines is 2. The van der Waals surface area contributed by atoms with Gasteiger partial charge < -0.3 is 5.11 Å². The molecule has 9 nitrogen and oxygen atoms in total. The number of fused-ring (bicyclic) bond motifs is 4. The van der Waals surface area contributed by atoms with E-state index in [1.807, 2.05) is 6.08 Å². The van der Waals surface area contributed by atoms with E-state index < -0.39 is 69.5 Å². The van der Waals surface area contributed by atoms with E-state index in [2.05, 4.69) is 33.0 Å². The fourth-order valence-corrected chi connectivity index (χ4v) is 9.36. The Morgan fingerprint density at radius 3 is 2.21 bits per heavy atom. The van der Waals surface area contributed by atoms with Crippen molar-refractivity contribution in [3.05, 3.63) is 127 Å². The van der Waals surface area contributed by atoms with Gasteiger partial charge in [0, 0.05) is 20.7 Å². The van der Waals surface area contributed by atoms with E-state index in [4.69, 9.17) is 23.2 Å². The van der Waals surface area contributed by atoms with Gasteiger partial charge in [0.1, 0.15) is 5.75 Å². The molecule has 4 aliphatic rings. The number of halogens is 6. The second-order valence-corrected chi connectivity index (χ2v) is 15.6. The third-order valence-corrected chi connectivity index (χ3v) is 12.1. The van der Waals surface area contributed by atoms with Crippen LogP contribution < -0.4 is 10.3 Å². The lowest BCUT2D eigenvalue weighted by Gasteiger charge is -2.50. The second-order valence-electron chi connectivity index (χ2n) is 13.5. The lowest BCUT2D eigenvalue weighted by molar-refractivity contribution is -0.139. The molecular weight excluding hydrogens is 847 g/mol. The van der Waals surface area contributed by atoms with Crippen molar-refractivity contribution in [1.29, 1.82) is 0 Å². The van der Waals surface area contributed by atoms with Gasteiger partial charge in [0.15, 0.2) is 5.82 Å². The molecule has 2 aliphatic heterocycles. The minimum atomic E-state index is -4.74. The average Bonchev–Trinajstić information content (AvgIpc) is 3.50. The highest BCUT2D eigenvalue weighted by atomic mass is 127. The van der Waals surface area contributed by atoms with E-state index in [-0.39, 0.29) is 30.3 Å². The number of rotatable bonds is 5. The number of nitrogens with one attached hydrogen (secondary N) is 1. The number of phenolic OH excluding ortho intramolecular Hbond substituents is 1. The lowest BCUT2D eigenvalue weighted by atomic mass is 9.49. The Balaban J connectivity index is 1.29. The Hall–Kier alpha value is -4.47. The number of aromatic nitrogens is 1. The molecule has 0 bridgehead atoms. The van der Waals surface area contributed by atoms with Crippen LogP contribution in [0.25, 0.3) is 0 Å². The largest absolute Gasteiger partial charge is 0.508 e. The van der Waals surface area contributed by atoms with Crippen molar-refractivity contribution >= 4 is 80.9 Å². The number of carbonyl (C=O) groups is 4. The summed E-state index contributed by atoms with van der Waals surface area (Å²) in [6.45, 7) is 0. The number of aromatic hydroxyl groups is 1. The number of pyridine rings is 1. The number of carbonyl (C=O) groups excluding carboxylic acids is 4. The number of hydrogen-bond donors (Lipinski definition) is 2. The molecule has 3 aromatic carbocycles. The maximum atomic E-state index is 15.2. The number of benzene rings is 3. The molecule has 2 saturated heterocycles. The molecule has 4 amide bonds. The summed E-state index contributed by atoms with van der Waals surface area (Å²) < 4.78 is 41.2. The van der Waals surface area contributed by atoms with Crippen LogP contribution in [-0.2, 0) is 30.8 Å². The minimum Gasteiger partial charge on any atom is -0.508 e. The zero-order chi connectivity index (χ0) is 37.6. The van der Waals surface area contributed by atoms with Gasteiger partial charge in [-0.2, -0.15) is 18.2 Å². The molecule has 4 aromatic rings. The van der Waals surface area contributed by atoms with Gasteiger partial charge in [-0.15, -0.1) is 0 Å². The quantitative estimate of drug-likeness (QED) is 0.119. The predicted octanol–water partition coefficient (Wildman–Crippen LogP) is 7.91. The van der Waals surface area contributed by atoms with Gasteiger partial charge in [-0.3, -0.25) is 29.5 Å². The number of amides is 4. The van der Waals surface area contributed by atoms with Crippen LogP contribution in [0.15, 0.2) is 96.7 Å². The molecule has 0 radical (unpaired) electrons. The normalized spacial score (nSPS) is 26.7. The van der Waals surface area contributed by atoms with Gasteiger partial charge >= 0.3 is 6.18 Å². The van der Waals surface area contributed by atoms with Crippen LogP contribution in [0.2, 0.25) is 10.0 Å². The molecule has 1 aromatic heterocycles. The van der Waals surface area contributed by atoms with Crippen molar-refractivity contribution in [2.45, 2.75) is 30.4 Å². The summed E-state index contributed by atoms with van der Waals surface area (Å²) >= 11 is 14.7. The van der Waals surface area contributed by atoms with E-state index in [1.54, 1.807) is 60.7 Å². The molecule has 0 spiro atoms. The standard InChI is InChI=1S/C38H26Cl2F3IN4O5/c39-21-5-3-19(4-6-21)37-28(34(51)48(36(37)53)46-32-29(40)15-20(17-45-32)38(41,42)43)16-27-25(31(37)18-1-11-24(49)12-2-18)13-14-26-30(27)35(52)47(33(26)50)23-9-7-22(44)8-10-23/h1-13,15,17,26-28,30-31,49H,14,16H2,(H,45,46). The van der Waals surface area contributed by atoms with Crippen LogP contribution in [-0.4, -0.2) is 38.7 Å². The monoisotopic (exact) mass is 872 g/mol. The highest BCUT2D eigenvalue weighted by Crippen LogP contribution is 2.64. The Kier molecular flexibility index (Phi) is 8.61. The zero-order valence-corrected chi connectivity index (χ0v) is 30.8. The van der Waals surface area contributed by atoms with E-state index in [0.29, 0.717) is 39.7 Å². The number of hydrogen-bond acceptors (Lipinski definition) is 7. The number of imide groups is 2. The molecule has 6 unspecified atom stereocenters. The van der Waals surface area contributed by atoms with Gasteiger partial charge in [0.2, 0.25) is 11.8 Å². The van der Waals surface area contributed by atoms with Crippen LogP contribution in [0.1, 0.15) is 35.4 Å². The molecule has 8 rings (SSSR count). The van der Waals surface area contributed by atoms with Crippen molar-refractivity contribution in [3.8, 4) is 5.75 Å². The van der Waals surface area contributed by atoms with E-state index >= 15 is 4.79 Å². The van der Waals surface area contributed by atoms with E-state index in [1.165, 1.54) is 17.0 Å². The molecule has 6 atom stereocenters. The van der Waals surface area contributed by atoms with Crippen molar-refractivity contribution in [2.75, 3.05) is 10.3 Å². The number of allylic oxidation sites excluding steroid dienone is 2. The Bertz CT molecular complexity index is 2240. The number of nitrogens with zero attached hydrogens (tertiary/aromatic N) is 3. The summed E-state index contributed by atoms with van der Waals surface area (Å²) in [5.74, 6) is -6.88. The smallest absolute Gasteiger partial charge is 0.417 e. The van der Waals surface area contributed by atoms with Crippen LogP contribution >= 0.6 is 45.8 Å². The summed E-state index contributed by atoms with van der Waals surface area (Å²) in [4.78, 5) is 63.3. The first-order chi connectivity index (χ1) is 25.2. The van der Waals surface area contributed by atoms with Gasteiger partial charge in [-0.1, -0.05) is 59.1 Å². The molecule has 1 saturated carbocycles. The molecular formula is C38H26Cl2F3IN4O5. The van der Waals surface area contributed by atoms with Crippen molar-refractivity contribution < 1.29 is 37.5 Å². The molecule has 2 aliphatic carbocycles. The molecule has 2 N–H and O–H groups in total. The van der Waals surface area contributed by atoms with Crippen molar-refractivity contribution in [1.82, 2.24) is 9.99 Å². The molecule has 3 fully saturated rings. The van der Waals surface area contributed by atoms with E-state index in [9.17, 15) is 32.7 Å². The number of hydrazine groups is 1. The summed E-state index contributed by atoms with van der Waals surface area (Å²) in [6.07, 6.45) is -2.12. The first kappa shape index (κ1) is 35.6. The molecule has 270 valence electrons. The maximum Gasteiger partial charge on any atom is 0.417 e. The third kappa shape index (κ3) is 5.53. The Morgan fingerprint density at radius 2 is 1.57 bits per heavy atom. The third-order valence-electron chi connectivity index (χ3n) is 10.9. The highest BCUT2D eigenvalue weighted by molar-refractivity contribution is 14.1. The predicted molar refractivity (Wildman–Crippen MR) is 197 cm³/mol. The molecule has 53 heavy (non-hydrogen) atoms. The first-order valence-electron chi connectivity index (χ1n) is 16.5. The first-order valence-corrected chi connectivity index (χ1v) is 18.3. The molecule has 3 heterocycles. The summed E-state index contributed by atoms with van der Waals surface area (Å²) in [6, 6.07) is 20.3.